The fourth-order valence-corrected chi connectivity index (χ4v) is 5.09. The molecule has 5 rings (SSSR count). The number of nitrogens with one attached hydrogen (secondary N) is 2. The number of amidine groups is 1. The van der Waals surface area contributed by atoms with Crippen LogP contribution in [0.15, 0.2) is 65.8 Å². The normalized spacial score (nSPS) is 15.4. The number of hydrogen-bond acceptors (Lipinski definition) is 4. The van der Waals surface area contributed by atoms with Gasteiger partial charge >= 0.3 is 0 Å². The van der Waals surface area contributed by atoms with Gasteiger partial charge in [0, 0.05) is 35.9 Å². The molecule has 1 aliphatic heterocycles. The Morgan fingerprint density at radius 2 is 1.95 bits per heavy atom. The van der Waals surface area contributed by atoms with E-state index in [1.807, 2.05) is 22.9 Å². The van der Waals surface area contributed by atoms with E-state index in [1.165, 1.54) is 5.56 Å². The minimum Gasteiger partial charge on any atom is -0.393 e. The number of aromatic nitrogens is 3. The Morgan fingerprint density at radius 1 is 1.14 bits per heavy atom. The maximum atomic E-state index is 9.70. The molecule has 2 aromatic heterocycles. The van der Waals surface area contributed by atoms with Crippen LogP contribution in [0.1, 0.15) is 42.6 Å². The smallest absolute Gasteiger partial charge is 0.149 e. The SMILES string of the molecule is N=C/N=C(/N)c1[nH]c(CCCCN2CCC(O)CC2)cc1-c1ccc2cn(Cc3ccccc3)nc2c1. The Balaban J connectivity index is 1.32. The highest BCUT2D eigenvalue weighted by molar-refractivity contribution is 6.05. The molecule has 0 saturated carbocycles. The Hall–Kier alpha value is -3.75. The van der Waals surface area contributed by atoms with Gasteiger partial charge in [0.05, 0.1) is 23.9 Å². The number of piperidine rings is 1. The zero-order valence-electron chi connectivity index (χ0n) is 21.1. The van der Waals surface area contributed by atoms with Gasteiger partial charge in [0.1, 0.15) is 12.2 Å². The second-order valence-electron chi connectivity index (χ2n) is 9.84. The summed E-state index contributed by atoms with van der Waals surface area (Å²) >= 11 is 0. The van der Waals surface area contributed by atoms with Gasteiger partial charge in [0.2, 0.25) is 0 Å². The van der Waals surface area contributed by atoms with Gasteiger partial charge < -0.3 is 20.7 Å². The molecule has 0 unspecified atom stereocenters. The van der Waals surface area contributed by atoms with Crippen molar-refractivity contribution < 1.29 is 5.11 Å². The first kappa shape index (κ1) is 24.9. The van der Waals surface area contributed by atoms with Crippen LogP contribution in [0.2, 0.25) is 0 Å². The van der Waals surface area contributed by atoms with Crippen LogP contribution in [0.25, 0.3) is 22.0 Å². The lowest BCUT2D eigenvalue weighted by Gasteiger charge is -2.29. The number of unbranched alkanes of at least 4 members (excludes halogenated alkanes) is 1. The van der Waals surface area contributed by atoms with Crippen LogP contribution in [0.5, 0.6) is 0 Å². The first-order valence-electron chi connectivity index (χ1n) is 13.1. The summed E-state index contributed by atoms with van der Waals surface area (Å²) in [6.07, 6.45) is 7.75. The number of aliphatic hydroxyl groups is 1. The lowest BCUT2D eigenvalue weighted by atomic mass is 10.0. The van der Waals surface area contributed by atoms with Crippen LogP contribution in [-0.4, -0.2) is 62.7 Å². The average molecular weight is 498 g/mol. The van der Waals surface area contributed by atoms with Crippen molar-refractivity contribution in [2.75, 3.05) is 19.6 Å². The molecule has 192 valence electrons. The predicted octanol–water partition coefficient (Wildman–Crippen LogP) is 4.17. The number of nitrogens with two attached hydrogens (primary N) is 1. The molecule has 4 aromatic rings. The summed E-state index contributed by atoms with van der Waals surface area (Å²) in [6, 6.07) is 18.7. The van der Waals surface area contributed by atoms with Crippen molar-refractivity contribution in [2.24, 2.45) is 10.7 Å². The minimum atomic E-state index is -0.128. The Labute approximate surface area is 217 Å². The number of nitrogens with zero attached hydrogens (tertiary/aromatic N) is 4. The Morgan fingerprint density at radius 3 is 2.73 bits per heavy atom. The van der Waals surface area contributed by atoms with Crippen LogP contribution < -0.4 is 5.73 Å². The molecule has 0 radical (unpaired) electrons. The third-order valence-electron chi connectivity index (χ3n) is 7.11. The van der Waals surface area contributed by atoms with Gasteiger partial charge in [0.15, 0.2) is 0 Å². The van der Waals surface area contributed by atoms with Gasteiger partial charge in [-0.15, -0.1) is 0 Å². The molecular formula is C29H35N7O. The van der Waals surface area contributed by atoms with E-state index < -0.39 is 0 Å². The van der Waals surface area contributed by atoms with Gasteiger partial charge in [-0.3, -0.25) is 10.1 Å². The molecule has 1 fully saturated rings. The van der Waals surface area contributed by atoms with Crippen molar-refractivity contribution in [2.45, 2.75) is 44.8 Å². The maximum absolute atomic E-state index is 9.70. The number of H-pyrrole nitrogens is 1. The van der Waals surface area contributed by atoms with E-state index in [0.717, 1.165) is 98.0 Å². The molecule has 0 spiro atoms. The number of aliphatic imine (C=N–C) groups is 1. The summed E-state index contributed by atoms with van der Waals surface area (Å²) in [7, 11) is 0. The highest BCUT2D eigenvalue weighted by Gasteiger charge is 2.17. The quantitative estimate of drug-likeness (QED) is 0.149. The van der Waals surface area contributed by atoms with E-state index in [1.54, 1.807) is 0 Å². The highest BCUT2D eigenvalue weighted by atomic mass is 16.3. The minimum absolute atomic E-state index is 0.128. The van der Waals surface area contributed by atoms with E-state index in [4.69, 9.17) is 16.2 Å². The first-order valence-corrected chi connectivity index (χ1v) is 13.1. The van der Waals surface area contributed by atoms with Gasteiger partial charge in [0.25, 0.3) is 0 Å². The van der Waals surface area contributed by atoms with E-state index in [-0.39, 0.29) is 6.10 Å². The van der Waals surface area contributed by atoms with E-state index in [0.29, 0.717) is 5.84 Å². The molecule has 0 aliphatic carbocycles. The van der Waals surface area contributed by atoms with Crippen LogP contribution in [0.3, 0.4) is 0 Å². The Bertz CT molecular complexity index is 1360. The fraction of sp³-hybridized carbons (Fsp3) is 0.345. The number of hydrogen-bond donors (Lipinski definition) is 4. The standard InChI is InChI=1S/C29H35N7O/c30-20-32-29(31)28-26(17-24(33-28)8-4-5-13-35-14-11-25(37)12-15-35)22-9-10-23-19-36(34-27(23)16-22)18-21-6-2-1-3-7-21/h1-3,6-7,9-10,16-17,19-20,25,33,37H,4-5,8,11-15,18H2,(H3,30,31,32). The fourth-order valence-electron chi connectivity index (χ4n) is 5.09. The van der Waals surface area contributed by atoms with Crippen molar-refractivity contribution in [1.29, 1.82) is 5.41 Å². The Kier molecular flexibility index (Phi) is 7.77. The number of aromatic amines is 1. The van der Waals surface area contributed by atoms with Crippen LogP contribution in [0, 0.1) is 5.41 Å². The highest BCUT2D eigenvalue weighted by Crippen LogP contribution is 2.29. The van der Waals surface area contributed by atoms with Gasteiger partial charge in [-0.25, -0.2) is 4.99 Å². The van der Waals surface area contributed by atoms with Crippen LogP contribution in [0.4, 0.5) is 0 Å². The van der Waals surface area contributed by atoms with Crippen molar-refractivity contribution in [3.8, 4) is 11.1 Å². The second-order valence-corrected chi connectivity index (χ2v) is 9.84. The van der Waals surface area contributed by atoms with Crippen molar-refractivity contribution in [3.05, 3.63) is 77.7 Å². The molecule has 3 heterocycles. The van der Waals surface area contributed by atoms with Gasteiger partial charge in [-0.2, -0.15) is 5.10 Å². The molecule has 0 bridgehead atoms. The van der Waals surface area contributed by atoms with Crippen molar-refractivity contribution in [1.82, 2.24) is 19.7 Å². The lowest BCUT2D eigenvalue weighted by Crippen LogP contribution is -2.36. The number of likely N-dealkylation sites (tertiary alicyclic amines) is 1. The number of benzene rings is 2. The molecule has 8 heteroatoms. The molecular weight excluding hydrogens is 462 g/mol. The number of fused-ring (bicyclic) bond motifs is 1. The van der Waals surface area contributed by atoms with E-state index >= 15 is 0 Å². The van der Waals surface area contributed by atoms with E-state index in [2.05, 4.69) is 57.5 Å². The average Bonchev–Trinajstić information content (AvgIpc) is 3.52. The number of aryl methyl sites for hydroxylation is 1. The molecule has 8 nitrogen and oxygen atoms in total. The first-order chi connectivity index (χ1) is 18.1. The predicted molar refractivity (Wildman–Crippen MR) is 149 cm³/mol. The largest absolute Gasteiger partial charge is 0.393 e. The lowest BCUT2D eigenvalue weighted by molar-refractivity contribution is 0.0818. The van der Waals surface area contributed by atoms with Gasteiger partial charge in [-0.1, -0.05) is 42.5 Å². The molecule has 0 atom stereocenters. The zero-order valence-corrected chi connectivity index (χ0v) is 21.1. The summed E-state index contributed by atoms with van der Waals surface area (Å²) in [5.74, 6) is 0.304. The monoisotopic (exact) mass is 497 g/mol. The van der Waals surface area contributed by atoms with E-state index in [9.17, 15) is 5.11 Å². The third kappa shape index (κ3) is 6.15. The summed E-state index contributed by atoms with van der Waals surface area (Å²) in [5, 5.41) is 23.0. The number of aliphatic hydroxyl groups excluding tert-OH is 1. The molecule has 1 aliphatic rings. The summed E-state index contributed by atoms with van der Waals surface area (Å²) in [5.41, 5.74) is 12.2. The molecule has 37 heavy (non-hydrogen) atoms. The van der Waals surface area contributed by atoms with Crippen molar-refractivity contribution in [3.63, 3.8) is 0 Å². The van der Waals surface area contributed by atoms with Crippen LogP contribution >= 0.6 is 0 Å². The van der Waals surface area contributed by atoms with Crippen LogP contribution in [-0.2, 0) is 13.0 Å². The molecule has 1 saturated heterocycles. The summed E-state index contributed by atoms with van der Waals surface area (Å²) in [6.45, 7) is 3.75. The van der Waals surface area contributed by atoms with Gasteiger partial charge in [-0.05, 0) is 61.9 Å². The summed E-state index contributed by atoms with van der Waals surface area (Å²) in [4.78, 5) is 9.94. The third-order valence-corrected chi connectivity index (χ3v) is 7.11. The molecule has 5 N–H and O–H groups in total. The molecule has 0 amide bonds. The topological polar surface area (TPSA) is 119 Å². The maximum Gasteiger partial charge on any atom is 0.149 e. The van der Waals surface area contributed by atoms with Crippen molar-refractivity contribution >= 4 is 23.1 Å². The molecule has 2 aromatic carbocycles. The number of rotatable bonds is 10. The second kappa shape index (κ2) is 11.5. The zero-order chi connectivity index (χ0) is 25.6. The summed E-state index contributed by atoms with van der Waals surface area (Å²) < 4.78 is 1.97.